The van der Waals surface area contributed by atoms with Crippen LogP contribution < -0.4 is 10.6 Å². The average Bonchev–Trinajstić information content (AvgIpc) is 3.53. The molecule has 13 nitrogen and oxygen atoms in total. The lowest BCUT2D eigenvalue weighted by atomic mass is 9.88. The molecule has 0 spiro atoms. The van der Waals surface area contributed by atoms with Crippen LogP contribution in [0.5, 0.6) is 0 Å². The number of urea groups is 1. The molecule has 1 aromatic carbocycles. The van der Waals surface area contributed by atoms with Gasteiger partial charge in [0.25, 0.3) is 0 Å². The van der Waals surface area contributed by atoms with Crippen molar-refractivity contribution in [3.8, 4) is 0 Å². The molecule has 0 bridgehead atoms. The molecule has 0 saturated carbocycles. The monoisotopic (exact) mass is 661 g/mol. The highest BCUT2D eigenvalue weighted by Gasteiger charge is 2.60. The maximum Gasteiger partial charge on any atom is 0.352 e. The van der Waals surface area contributed by atoms with Gasteiger partial charge in [-0.2, -0.15) is 0 Å². The first-order valence-corrected chi connectivity index (χ1v) is 16.5. The maximum atomic E-state index is 13.8. The van der Waals surface area contributed by atoms with E-state index in [4.69, 9.17) is 12.2 Å². The topological polar surface area (TPSA) is 165 Å². The minimum Gasteiger partial charge on any atom is -0.477 e. The number of nitrogens with zero attached hydrogens (tertiary/aromatic N) is 5. The van der Waals surface area contributed by atoms with Crippen molar-refractivity contribution in [1.82, 2.24) is 35.5 Å². The number of carboxylic acids is 1. The third-order valence-electron chi connectivity index (χ3n) is 7.28. The number of hydrogen-bond acceptors (Lipinski definition) is 11. The predicted molar refractivity (Wildman–Crippen MR) is 164 cm³/mol. The minimum absolute atomic E-state index is 0.00711. The normalized spacial score (nSPS) is 22.6. The zero-order valence-electron chi connectivity index (χ0n) is 23.0. The van der Waals surface area contributed by atoms with Gasteiger partial charge in [-0.05, 0) is 25.0 Å². The summed E-state index contributed by atoms with van der Waals surface area (Å²) in [7, 11) is 0. The summed E-state index contributed by atoms with van der Waals surface area (Å²) in [6, 6.07) is 6.38. The largest absolute Gasteiger partial charge is 0.477 e. The van der Waals surface area contributed by atoms with Gasteiger partial charge < -0.3 is 25.5 Å². The van der Waals surface area contributed by atoms with E-state index in [2.05, 4.69) is 20.8 Å². The molecule has 1 unspecified atom stereocenters. The van der Waals surface area contributed by atoms with Gasteiger partial charge in [0.2, 0.25) is 5.91 Å². The van der Waals surface area contributed by atoms with Crippen LogP contribution in [0.15, 0.2) is 51.5 Å². The molecule has 17 heteroatoms. The van der Waals surface area contributed by atoms with E-state index in [0.29, 0.717) is 29.2 Å². The zero-order valence-corrected chi connectivity index (χ0v) is 26.3. The number of rotatable bonds is 9. The molecule has 226 valence electrons. The van der Waals surface area contributed by atoms with Crippen molar-refractivity contribution in [2.75, 3.05) is 31.1 Å². The van der Waals surface area contributed by atoms with Gasteiger partial charge in [-0.3, -0.25) is 19.3 Å². The van der Waals surface area contributed by atoms with Gasteiger partial charge in [-0.25, -0.2) is 9.59 Å². The number of carbonyl (C=O) groups excluding carboxylic acids is 4. The number of aromatic nitrogens is 2. The lowest BCUT2D eigenvalue weighted by molar-refractivity contribution is -0.153. The molecule has 2 aromatic rings. The first-order valence-electron chi connectivity index (χ1n) is 13.1. The van der Waals surface area contributed by atoms with Crippen molar-refractivity contribution >= 4 is 81.8 Å². The van der Waals surface area contributed by atoms with Crippen molar-refractivity contribution in [1.29, 1.82) is 0 Å². The van der Waals surface area contributed by atoms with Gasteiger partial charge >= 0.3 is 23.8 Å². The molecule has 43 heavy (non-hydrogen) atoms. The van der Waals surface area contributed by atoms with Gasteiger partial charge in [0.05, 0.1) is 0 Å². The lowest BCUT2D eigenvalue weighted by Gasteiger charge is -2.58. The summed E-state index contributed by atoms with van der Waals surface area (Å²) in [6.45, 7) is 3.98. The van der Waals surface area contributed by atoms with Crippen LogP contribution in [-0.4, -0.2) is 107 Å². The second-order valence-corrected chi connectivity index (χ2v) is 13.4. The molecule has 0 aliphatic carbocycles. The Hall–Kier alpha value is -3.54. The Morgan fingerprint density at radius 1 is 1.21 bits per heavy atom. The Bertz CT molecular complexity index is 1500. The molecule has 2 fully saturated rings. The number of likely N-dealkylation sites (N-methyl/N-ethyl adjacent to an activating group) is 1. The van der Waals surface area contributed by atoms with Gasteiger partial charge in [-0.1, -0.05) is 65.6 Å². The summed E-state index contributed by atoms with van der Waals surface area (Å²) in [6.07, 6.45) is 0. The minimum atomic E-state index is -1.23. The number of hydrogen-bond donors (Lipinski definition) is 3. The van der Waals surface area contributed by atoms with Crippen LogP contribution in [0.3, 0.4) is 0 Å². The van der Waals surface area contributed by atoms with Crippen LogP contribution in [0, 0.1) is 0 Å². The second kappa shape index (κ2) is 12.6. The summed E-state index contributed by atoms with van der Waals surface area (Å²) < 4.78 is 0.722. The van der Waals surface area contributed by atoms with Gasteiger partial charge in [0.1, 0.15) is 33.2 Å². The molecule has 5 rings (SSSR count). The van der Waals surface area contributed by atoms with E-state index in [9.17, 15) is 29.1 Å². The number of fused-ring (bicyclic) bond motifs is 1. The Labute approximate surface area is 264 Å². The molecule has 3 aliphatic rings. The predicted octanol–water partition coefficient (Wildman–Crippen LogP) is 1.70. The summed E-state index contributed by atoms with van der Waals surface area (Å²) >= 11 is 9.90. The van der Waals surface area contributed by atoms with E-state index < -0.39 is 46.7 Å². The SMILES string of the molecule is CCN1CCN(C(=O)NC(C(=O)N[C@]2(C)C(=S)N3C(C(=O)O)=C(CSc4nncs4)CS[C@H]32)c2ccccc2)C(=O)C1=O. The van der Waals surface area contributed by atoms with Crippen LogP contribution in [-0.2, 0) is 19.2 Å². The molecule has 3 aliphatic heterocycles. The van der Waals surface area contributed by atoms with E-state index in [1.165, 1.54) is 39.8 Å². The highest BCUT2D eigenvalue weighted by Crippen LogP contribution is 2.47. The number of aliphatic carboxylic acids is 1. The fourth-order valence-electron chi connectivity index (χ4n) is 5.03. The number of carbonyl (C=O) groups is 5. The van der Waals surface area contributed by atoms with E-state index in [0.717, 1.165) is 9.24 Å². The third kappa shape index (κ3) is 5.85. The summed E-state index contributed by atoms with van der Waals surface area (Å²) in [5.74, 6) is -2.67. The number of thioether (sulfide) groups is 2. The maximum absolute atomic E-state index is 13.8. The van der Waals surface area contributed by atoms with E-state index >= 15 is 0 Å². The van der Waals surface area contributed by atoms with Gasteiger partial charge in [0, 0.05) is 31.1 Å². The van der Waals surface area contributed by atoms with Crippen molar-refractivity contribution < 1.29 is 29.1 Å². The van der Waals surface area contributed by atoms with Crippen molar-refractivity contribution in [3.63, 3.8) is 0 Å². The van der Waals surface area contributed by atoms with Crippen molar-refractivity contribution in [2.45, 2.75) is 35.1 Å². The second-order valence-electron chi connectivity index (χ2n) is 9.92. The van der Waals surface area contributed by atoms with Crippen LogP contribution in [0.1, 0.15) is 25.5 Å². The van der Waals surface area contributed by atoms with E-state index in [-0.39, 0.29) is 23.8 Å². The number of nitrogens with one attached hydrogen (secondary N) is 2. The molecule has 3 N–H and O–H groups in total. The molecular weight excluding hydrogens is 635 g/mol. The number of imide groups is 1. The highest BCUT2D eigenvalue weighted by molar-refractivity contribution is 8.02. The molecule has 0 radical (unpaired) electrons. The number of carboxylic acid groups (broad SMARTS) is 1. The van der Waals surface area contributed by atoms with Crippen LogP contribution in [0.25, 0.3) is 0 Å². The Morgan fingerprint density at radius 2 is 1.95 bits per heavy atom. The van der Waals surface area contributed by atoms with Crippen molar-refractivity contribution in [2.24, 2.45) is 0 Å². The first-order chi connectivity index (χ1) is 20.6. The lowest BCUT2D eigenvalue weighted by Crippen LogP contribution is -2.78. The Balaban J connectivity index is 1.34. The molecule has 2 saturated heterocycles. The number of piperazine rings is 1. The van der Waals surface area contributed by atoms with Gasteiger partial charge in [-0.15, -0.1) is 22.0 Å². The standard InChI is InChI=1S/C26H27N7O6S4/c1-3-31-9-10-32(20(36)19(31)35)24(39)28-16(14-7-5-4-6-8-14)18(34)29-26(2)22(40)33-17(21(37)38)15(11-41-23(26)33)12-42-25-30-27-13-43-25/h4-8,13,16,23H,3,9-12H2,1-2H3,(H,28,39)(H,29,34)(H,37,38)/t16?,23-,26+/m0/s1. The molecular formula is C26H27N7O6S4. The molecule has 4 heterocycles. The summed E-state index contributed by atoms with van der Waals surface area (Å²) in [5.41, 5.74) is 1.71. The summed E-state index contributed by atoms with van der Waals surface area (Å²) in [4.78, 5) is 68.3. The highest BCUT2D eigenvalue weighted by atomic mass is 32.2. The number of thiocarbonyl (C=S) groups is 1. The van der Waals surface area contributed by atoms with Gasteiger partial charge in [0.15, 0.2) is 4.34 Å². The summed E-state index contributed by atoms with van der Waals surface area (Å²) in [5, 5.41) is 22.9. The average molecular weight is 662 g/mol. The van der Waals surface area contributed by atoms with Crippen LogP contribution in [0.4, 0.5) is 4.79 Å². The van der Waals surface area contributed by atoms with Crippen LogP contribution >= 0.6 is 47.1 Å². The Kier molecular flexibility index (Phi) is 9.05. The fourth-order valence-corrected chi connectivity index (χ4v) is 8.62. The van der Waals surface area contributed by atoms with Crippen LogP contribution in [0.2, 0.25) is 0 Å². The molecule has 3 atom stereocenters. The number of benzene rings is 1. The zero-order chi connectivity index (χ0) is 30.9. The third-order valence-corrected chi connectivity index (χ3v) is 11.4. The quantitative estimate of drug-likeness (QED) is 0.203. The number of amides is 5. The smallest absolute Gasteiger partial charge is 0.352 e. The first kappa shape index (κ1) is 30.9. The Morgan fingerprint density at radius 3 is 2.60 bits per heavy atom. The molecule has 5 amide bonds. The van der Waals surface area contributed by atoms with E-state index in [1.807, 2.05) is 0 Å². The molecule has 1 aromatic heterocycles. The van der Waals surface area contributed by atoms with E-state index in [1.54, 1.807) is 54.6 Å². The fraction of sp³-hybridized carbons (Fsp3) is 0.385. The van der Waals surface area contributed by atoms with Crippen molar-refractivity contribution in [3.05, 3.63) is 52.7 Å².